The number of hydrogen-bond donors (Lipinski definition) is 2. The Labute approximate surface area is 155 Å². The van der Waals surface area contributed by atoms with E-state index >= 15 is 0 Å². The van der Waals surface area contributed by atoms with E-state index in [-0.39, 0.29) is 23.4 Å². The maximum Gasteiger partial charge on any atom is 0.311 e. The summed E-state index contributed by atoms with van der Waals surface area (Å²) in [7, 11) is 0. The molecule has 0 aromatic carbocycles. The van der Waals surface area contributed by atoms with Gasteiger partial charge in [-0.2, -0.15) is 0 Å². The number of likely N-dealkylation sites (tertiary alicyclic amines) is 1. The Hall–Kier alpha value is -1.10. The van der Waals surface area contributed by atoms with Gasteiger partial charge in [0.1, 0.15) is 0 Å². The Balaban J connectivity index is 1.27. The Morgan fingerprint density at radius 1 is 1.12 bits per heavy atom. The second-order valence-electron chi connectivity index (χ2n) is 10.3. The molecule has 5 heteroatoms. The molecule has 6 rings (SSSR count). The van der Waals surface area contributed by atoms with Crippen LogP contribution >= 0.6 is 0 Å². The summed E-state index contributed by atoms with van der Waals surface area (Å²) < 4.78 is 0. The van der Waals surface area contributed by atoms with Gasteiger partial charge in [0.2, 0.25) is 5.91 Å². The first-order valence-electron chi connectivity index (χ1n) is 10.7. The highest BCUT2D eigenvalue weighted by molar-refractivity contribution is 5.83. The van der Waals surface area contributed by atoms with Crippen LogP contribution in [-0.4, -0.2) is 46.6 Å². The molecule has 26 heavy (non-hydrogen) atoms. The first-order valence-corrected chi connectivity index (χ1v) is 10.7. The molecule has 144 valence electrons. The summed E-state index contributed by atoms with van der Waals surface area (Å²) in [5, 5.41) is 13.3. The van der Waals surface area contributed by atoms with Crippen molar-refractivity contribution >= 4 is 11.9 Å². The van der Waals surface area contributed by atoms with E-state index in [1.165, 1.54) is 38.5 Å². The maximum atomic E-state index is 13.1. The van der Waals surface area contributed by atoms with E-state index in [0.29, 0.717) is 6.54 Å². The number of amides is 1. The molecule has 0 aromatic rings. The number of carbonyl (C=O) groups is 2. The van der Waals surface area contributed by atoms with Crippen molar-refractivity contribution in [1.82, 2.24) is 10.2 Å². The van der Waals surface area contributed by atoms with Gasteiger partial charge < -0.3 is 10.4 Å². The molecule has 5 saturated carbocycles. The van der Waals surface area contributed by atoms with Gasteiger partial charge in [-0.3, -0.25) is 14.5 Å². The quantitative estimate of drug-likeness (QED) is 0.809. The van der Waals surface area contributed by atoms with Gasteiger partial charge in [-0.25, -0.2) is 0 Å². The third-order valence-electron chi connectivity index (χ3n) is 8.68. The Morgan fingerprint density at radius 2 is 1.73 bits per heavy atom. The van der Waals surface area contributed by atoms with Crippen LogP contribution in [0.1, 0.15) is 64.7 Å². The van der Waals surface area contributed by atoms with Crippen molar-refractivity contribution in [1.29, 1.82) is 0 Å². The summed E-state index contributed by atoms with van der Waals surface area (Å²) in [6.07, 6.45) is 10.4. The van der Waals surface area contributed by atoms with Gasteiger partial charge in [0, 0.05) is 18.6 Å². The number of fused-ring (bicyclic) bond motifs is 1. The fourth-order valence-corrected chi connectivity index (χ4v) is 7.77. The standard InChI is InChI=1S/C21H32N2O3/c1-13(23-11-17-3-2-4-21(17,12-23)19(25)26)18(24)22-20-8-14-5-15(9-20)7-16(6-14)10-20/h13-17H,2-12H2,1H3,(H,22,24)(H,25,26)/t13?,14?,15?,16?,17-,20?,21+/m0/s1. The predicted molar refractivity (Wildman–Crippen MR) is 97.5 cm³/mol. The lowest BCUT2D eigenvalue weighted by atomic mass is 9.53. The van der Waals surface area contributed by atoms with Crippen molar-refractivity contribution in [3.05, 3.63) is 0 Å². The zero-order chi connectivity index (χ0) is 18.1. The van der Waals surface area contributed by atoms with Gasteiger partial charge in [-0.15, -0.1) is 0 Å². The number of hydrogen-bond acceptors (Lipinski definition) is 3. The molecule has 1 amide bonds. The van der Waals surface area contributed by atoms with Crippen LogP contribution in [0.2, 0.25) is 0 Å². The number of carbonyl (C=O) groups excluding carboxylic acids is 1. The fraction of sp³-hybridized carbons (Fsp3) is 0.905. The summed E-state index contributed by atoms with van der Waals surface area (Å²) in [6.45, 7) is 3.29. The highest BCUT2D eigenvalue weighted by Crippen LogP contribution is 2.55. The second-order valence-corrected chi connectivity index (χ2v) is 10.3. The zero-order valence-electron chi connectivity index (χ0n) is 15.9. The van der Waals surface area contributed by atoms with Crippen molar-refractivity contribution in [2.24, 2.45) is 29.1 Å². The molecular weight excluding hydrogens is 328 g/mol. The van der Waals surface area contributed by atoms with Crippen molar-refractivity contribution in [3.63, 3.8) is 0 Å². The number of nitrogens with zero attached hydrogens (tertiary/aromatic N) is 1. The third kappa shape index (κ3) is 2.45. The molecule has 3 atom stereocenters. The van der Waals surface area contributed by atoms with Crippen molar-refractivity contribution in [3.8, 4) is 0 Å². The number of carboxylic acid groups (broad SMARTS) is 1. The SMILES string of the molecule is CC(C(=O)NC12CC3CC(CC(C3)C1)C2)N1C[C@@H]2CCC[C@@]2(C(=O)O)C1. The van der Waals surface area contributed by atoms with Crippen LogP contribution in [-0.2, 0) is 9.59 Å². The number of rotatable bonds is 4. The smallest absolute Gasteiger partial charge is 0.311 e. The average Bonchev–Trinajstić information content (AvgIpc) is 3.10. The van der Waals surface area contributed by atoms with Crippen molar-refractivity contribution < 1.29 is 14.7 Å². The van der Waals surface area contributed by atoms with Crippen LogP contribution in [0.5, 0.6) is 0 Å². The molecule has 6 fully saturated rings. The molecule has 1 aliphatic heterocycles. The normalized spacial score (nSPS) is 47.7. The summed E-state index contributed by atoms with van der Waals surface area (Å²) in [6, 6.07) is -0.218. The van der Waals surface area contributed by atoms with Gasteiger partial charge in [0.15, 0.2) is 0 Å². The average molecular weight is 360 g/mol. The minimum atomic E-state index is -0.656. The fourth-order valence-electron chi connectivity index (χ4n) is 7.77. The molecule has 0 spiro atoms. The van der Waals surface area contributed by atoms with E-state index in [2.05, 4.69) is 10.2 Å². The minimum absolute atomic E-state index is 0.0418. The minimum Gasteiger partial charge on any atom is -0.481 e. The predicted octanol–water partition coefficient (Wildman–Crippen LogP) is 2.65. The van der Waals surface area contributed by atoms with Gasteiger partial charge in [0.05, 0.1) is 11.5 Å². The van der Waals surface area contributed by atoms with E-state index in [0.717, 1.165) is 43.6 Å². The molecule has 2 N–H and O–H groups in total. The largest absolute Gasteiger partial charge is 0.481 e. The van der Waals surface area contributed by atoms with E-state index in [1.807, 2.05) is 6.92 Å². The molecular formula is C21H32N2O3. The van der Waals surface area contributed by atoms with Gasteiger partial charge >= 0.3 is 5.97 Å². The van der Waals surface area contributed by atoms with E-state index in [9.17, 15) is 14.7 Å². The Bertz CT molecular complexity index is 597. The molecule has 0 radical (unpaired) electrons. The monoisotopic (exact) mass is 360 g/mol. The van der Waals surface area contributed by atoms with Crippen LogP contribution in [0.3, 0.4) is 0 Å². The van der Waals surface area contributed by atoms with E-state index < -0.39 is 11.4 Å². The van der Waals surface area contributed by atoms with Crippen LogP contribution in [0.4, 0.5) is 0 Å². The van der Waals surface area contributed by atoms with Crippen molar-refractivity contribution in [2.75, 3.05) is 13.1 Å². The molecule has 1 saturated heterocycles. The molecule has 1 heterocycles. The van der Waals surface area contributed by atoms with Crippen molar-refractivity contribution in [2.45, 2.75) is 76.3 Å². The van der Waals surface area contributed by atoms with Crippen LogP contribution in [0, 0.1) is 29.1 Å². The summed E-state index contributed by atoms with van der Waals surface area (Å²) in [5.74, 6) is 2.15. The molecule has 5 aliphatic carbocycles. The molecule has 1 unspecified atom stereocenters. The Kier molecular flexibility index (Phi) is 3.73. The summed E-state index contributed by atoms with van der Waals surface area (Å²) in [4.78, 5) is 27.2. The van der Waals surface area contributed by atoms with Gasteiger partial charge in [-0.1, -0.05) is 6.42 Å². The van der Waals surface area contributed by atoms with E-state index in [1.54, 1.807) is 0 Å². The van der Waals surface area contributed by atoms with Crippen LogP contribution in [0.25, 0.3) is 0 Å². The first kappa shape index (κ1) is 17.0. The first-order chi connectivity index (χ1) is 12.4. The lowest BCUT2D eigenvalue weighted by Gasteiger charge is -2.57. The Morgan fingerprint density at radius 3 is 2.27 bits per heavy atom. The summed E-state index contributed by atoms with van der Waals surface area (Å²) in [5.41, 5.74) is -0.560. The molecule has 4 bridgehead atoms. The molecule has 5 nitrogen and oxygen atoms in total. The van der Waals surface area contributed by atoms with Gasteiger partial charge in [0.25, 0.3) is 0 Å². The highest BCUT2D eigenvalue weighted by Gasteiger charge is 2.56. The third-order valence-corrected chi connectivity index (χ3v) is 8.68. The maximum absolute atomic E-state index is 13.1. The highest BCUT2D eigenvalue weighted by atomic mass is 16.4. The topological polar surface area (TPSA) is 69.6 Å². The van der Waals surface area contributed by atoms with E-state index in [4.69, 9.17) is 0 Å². The molecule has 0 aromatic heterocycles. The number of carboxylic acids is 1. The zero-order valence-corrected chi connectivity index (χ0v) is 15.9. The van der Waals surface area contributed by atoms with Crippen LogP contribution < -0.4 is 5.32 Å². The summed E-state index contributed by atoms with van der Waals surface area (Å²) >= 11 is 0. The number of aliphatic carboxylic acids is 1. The second kappa shape index (κ2) is 5.70. The molecule has 6 aliphatic rings. The lowest BCUT2D eigenvalue weighted by molar-refractivity contribution is -0.150. The van der Waals surface area contributed by atoms with Crippen LogP contribution in [0.15, 0.2) is 0 Å². The van der Waals surface area contributed by atoms with Gasteiger partial charge in [-0.05, 0) is 82.0 Å². The number of nitrogens with one attached hydrogen (secondary N) is 1. The lowest BCUT2D eigenvalue weighted by Crippen LogP contribution is -2.62.